The van der Waals surface area contributed by atoms with E-state index in [2.05, 4.69) is 4.98 Å². The van der Waals surface area contributed by atoms with Crippen molar-refractivity contribution in [3.8, 4) is 11.4 Å². The Balaban J connectivity index is 0.000000860. The fraction of sp³-hybridized carbons (Fsp3) is 0.154. The van der Waals surface area contributed by atoms with E-state index in [1.54, 1.807) is 66.7 Å². The van der Waals surface area contributed by atoms with Gasteiger partial charge in [-0.1, -0.05) is 107 Å². The van der Waals surface area contributed by atoms with E-state index in [4.69, 9.17) is 0 Å². The monoisotopic (exact) mass is 448 g/mol. The van der Waals surface area contributed by atoms with Crippen molar-refractivity contribution in [2.45, 2.75) is 32.6 Å². The molecule has 1 aromatic heterocycles. The van der Waals surface area contributed by atoms with Gasteiger partial charge in [0.25, 0.3) is 10.0 Å². The summed E-state index contributed by atoms with van der Waals surface area (Å²) in [7, 11) is -3.91. The van der Waals surface area contributed by atoms with Gasteiger partial charge >= 0.3 is 0 Å². The molecule has 0 fully saturated rings. The molecule has 0 aliphatic rings. The van der Waals surface area contributed by atoms with Crippen molar-refractivity contribution in [1.82, 2.24) is 8.96 Å². The van der Waals surface area contributed by atoms with Crippen LogP contribution < -0.4 is 0 Å². The Morgan fingerprint density at radius 1 is 0.719 bits per heavy atom. The molecule has 0 saturated heterocycles. The third-order valence-corrected chi connectivity index (χ3v) is 5.94. The van der Waals surface area contributed by atoms with Gasteiger partial charge in [-0.3, -0.25) is 4.79 Å². The van der Waals surface area contributed by atoms with Crippen molar-refractivity contribution >= 4 is 15.8 Å². The normalized spacial score (nSPS) is 10.2. The SMILES string of the molecule is CC.CC.O=C(c1ccccc1)c1cn(S(=O)(=O)c2ccccc2)c(-c2ccccc2)n1. The van der Waals surface area contributed by atoms with Crippen LogP contribution in [0.2, 0.25) is 0 Å². The zero-order chi connectivity index (χ0) is 23.6. The van der Waals surface area contributed by atoms with Crippen LogP contribution in [-0.4, -0.2) is 23.2 Å². The summed E-state index contributed by atoms with van der Waals surface area (Å²) in [6.45, 7) is 8.00. The van der Waals surface area contributed by atoms with Gasteiger partial charge in [-0.2, -0.15) is 0 Å². The molecule has 0 aliphatic carbocycles. The smallest absolute Gasteiger partial charge is 0.269 e. The highest BCUT2D eigenvalue weighted by Crippen LogP contribution is 2.25. The lowest BCUT2D eigenvalue weighted by atomic mass is 10.1. The Hall–Kier alpha value is -3.51. The van der Waals surface area contributed by atoms with Gasteiger partial charge in [0.2, 0.25) is 5.78 Å². The quantitative estimate of drug-likeness (QED) is 0.347. The van der Waals surface area contributed by atoms with E-state index in [1.807, 2.05) is 39.8 Å². The summed E-state index contributed by atoms with van der Waals surface area (Å²) in [5.74, 6) is -0.136. The van der Waals surface area contributed by atoms with E-state index in [-0.39, 0.29) is 22.2 Å². The molecule has 166 valence electrons. The fourth-order valence-electron chi connectivity index (χ4n) is 2.88. The number of nitrogens with zero attached hydrogens (tertiary/aromatic N) is 2. The highest BCUT2D eigenvalue weighted by atomic mass is 32.2. The molecule has 0 unspecified atom stereocenters. The Bertz CT molecular complexity index is 1220. The predicted molar refractivity (Wildman–Crippen MR) is 129 cm³/mol. The second-order valence-corrected chi connectivity index (χ2v) is 7.94. The van der Waals surface area contributed by atoms with Gasteiger partial charge in [0, 0.05) is 11.1 Å². The first-order chi connectivity index (χ1) is 15.6. The van der Waals surface area contributed by atoms with E-state index in [9.17, 15) is 13.2 Å². The summed E-state index contributed by atoms with van der Waals surface area (Å²) < 4.78 is 27.5. The number of hydrogen-bond acceptors (Lipinski definition) is 4. The van der Waals surface area contributed by atoms with E-state index in [0.29, 0.717) is 11.1 Å². The van der Waals surface area contributed by atoms with Gasteiger partial charge < -0.3 is 0 Å². The molecule has 4 rings (SSSR count). The molecule has 5 nitrogen and oxygen atoms in total. The van der Waals surface area contributed by atoms with Crippen molar-refractivity contribution in [3.63, 3.8) is 0 Å². The van der Waals surface area contributed by atoms with Crippen LogP contribution in [0.3, 0.4) is 0 Å². The maximum atomic E-state index is 13.2. The van der Waals surface area contributed by atoms with Crippen LogP contribution in [0, 0.1) is 0 Å². The molecular formula is C26H28N2O3S. The average Bonchev–Trinajstić information content (AvgIpc) is 3.34. The minimum Gasteiger partial charge on any atom is -0.287 e. The number of rotatable bonds is 5. The van der Waals surface area contributed by atoms with E-state index in [0.717, 1.165) is 3.97 Å². The minimum absolute atomic E-state index is 0.0737. The maximum absolute atomic E-state index is 13.2. The third kappa shape index (κ3) is 5.39. The zero-order valence-corrected chi connectivity index (χ0v) is 19.6. The molecule has 0 N–H and O–H groups in total. The van der Waals surface area contributed by atoms with Crippen LogP contribution in [0.1, 0.15) is 43.7 Å². The Labute approximate surface area is 190 Å². The second kappa shape index (κ2) is 11.8. The average molecular weight is 449 g/mol. The maximum Gasteiger partial charge on any atom is 0.269 e. The van der Waals surface area contributed by atoms with Crippen molar-refractivity contribution < 1.29 is 13.2 Å². The highest BCUT2D eigenvalue weighted by molar-refractivity contribution is 7.90. The molecule has 0 aliphatic heterocycles. The molecule has 4 aromatic rings. The highest BCUT2D eigenvalue weighted by Gasteiger charge is 2.25. The standard InChI is InChI=1S/C22H16N2O3S.2C2H6/c25-21(17-10-4-1-5-11-17)20-16-24(22(23-20)18-12-6-2-7-13-18)28(26,27)19-14-8-3-9-15-19;2*1-2/h1-16H;2*1-2H3. The lowest BCUT2D eigenvalue weighted by molar-refractivity contribution is 0.103. The van der Waals surface area contributed by atoms with Crippen LogP contribution in [0.4, 0.5) is 0 Å². The second-order valence-electron chi connectivity index (χ2n) is 6.12. The summed E-state index contributed by atoms with van der Waals surface area (Å²) in [6.07, 6.45) is 1.29. The summed E-state index contributed by atoms with van der Waals surface area (Å²) in [4.78, 5) is 17.3. The van der Waals surface area contributed by atoms with Gasteiger partial charge in [0.05, 0.1) is 11.1 Å². The largest absolute Gasteiger partial charge is 0.287 e. The van der Waals surface area contributed by atoms with Crippen molar-refractivity contribution in [1.29, 1.82) is 0 Å². The molecule has 0 radical (unpaired) electrons. The van der Waals surface area contributed by atoms with Crippen molar-refractivity contribution in [2.75, 3.05) is 0 Å². The molecule has 0 spiro atoms. The minimum atomic E-state index is -3.91. The summed E-state index contributed by atoms with van der Waals surface area (Å²) >= 11 is 0. The molecule has 6 heteroatoms. The number of carbonyl (C=O) groups is 1. The first-order valence-electron chi connectivity index (χ1n) is 10.6. The zero-order valence-electron chi connectivity index (χ0n) is 18.8. The number of hydrogen-bond donors (Lipinski definition) is 0. The van der Waals surface area contributed by atoms with Crippen LogP contribution in [0.15, 0.2) is 102 Å². The van der Waals surface area contributed by atoms with Crippen LogP contribution in [0.5, 0.6) is 0 Å². The van der Waals surface area contributed by atoms with E-state index < -0.39 is 10.0 Å². The molecule has 0 bridgehead atoms. The molecule has 32 heavy (non-hydrogen) atoms. The van der Waals surface area contributed by atoms with Gasteiger partial charge in [-0.15, -0.1) is 0 Å². The Morgan fingerprint density at radius 2 is 1.19 bits per heavy atom. The van der Waals surface area contributed by atoms with Crippen molar-refractivity contribution in [2.24, 2.45) is 0 Å². The number of aromatic nitrogens is 2. The summed E-state index contributed by atoms with van der Waals surface area (Å²) in [6, 6.07) is 25.7. The van der Waals surface area contributed by atoms with Gasteiger partial charge in [-0.05, 0) is 12.1 Å². The van der Waals surface area contributed by atoms with Gasteiger partial charge in [0.15, 0.2) is 5.82 Å². The lowest BCUT2D eigenvalue weighted by Crippen LogP contribution is -2.13. The number of imidazole rings is 1. The lowest BCUT2D eigenvalue weighted by Gasteiger charge is -2.09. The van der Waals surface area contributed by atoms with Crippen molar-refractivity contribution in [3.05, 3.63) is 108 Å². The fourth-order valence-corrected chi connectivity index (χ4v) is 4.22. The first-order valence-corrected chi connectivity index (χ1v) is 12.1. The predicted octanol–water partition coefficient (Wildman–Crippen LogP) is 6.07. The van der Waals surface area contributed by atoms with Gasteiger partial charge in [-0.25, -0.2) is 17.4 Å². The molecule has 0 atom stereocenters. The molecule has 3 aromatic carbocycles. The molecule has 1 heterocycles. The molecular weight excluding hydrogens is 420 g/mol. The van der Waals surface area contributed by atoms with E-state index >= 15 is 0 Å². The molecule has 0 saturated carbocycles. The van der Waals surface area contributed by atoms with Crippen LogP contribution in [-0.2, 0) is 10.0 Å². The molecule has 0 amide bonds. The van der Waals surface area contributed by atoms with Gasteiger partial charge in [0.1, 0.15) is 5.69 Å². The number of carbonyl (C=O) groups excluding carboxylic acids is 1. The Morgan fingerprint density at radius 3 is 1.72 bits per heavy atom. The number of ketones is 1. The number of benzene rings is 3. The van der Waals surface area contributed by atoms with E-state index in [1.165, 1.54) is 18.3 Å². The summed E-state index contributed by atoms with van der Waals surface area (Å²) in [5.41, 5.74) is 1.13. The topological polar surface area (TPSA) is 69.0 Å². The van der Waals surface area contributed by atoms with Crippen LogP contribution in [0.25, 0.3) is 11.4 Å². The Kier molecular flexibility index (Phi) is 9.10. The third-order valence-electron chi connectivity index (χ3n) is 4.28. The van der Waals surface area contributed by atoms with Crippen LogP contribution >= 0.6 is 0 Å². The first kappa shape index (κ1) is 24.8. The summed E-state index contributed by atoms with van der Waals surface area (Å²) in [5, 5.41) is 0.